The highest BCUT2D eigenvalue weighted by molar-refractivity contribution is 5.86. The molecule has 0 bridgehead atoms. The van der Waals surface area contributed by atoms with Gasteiger partial charge in [-0.1, -0.05) is 87.6 Å². The number of benzene rings is 2. The summed E-state index contributed by atoms with van der Waals surface area (Å²) >= 11 is 0. The van der Waals surface area contributed by atoms with Crippen LogP contribution in [-0.4, -0.2) is 12.6 Å². The van der Waals surface area contributed by atoms with Gasteiger partial charge in [-0.05, 0) is 35.6 Å². The van der Waals surface area contributed by atoms with Crippen LogP contribution in [0.3, 0.4) is 0 Å². The lowest BCUT2D eigenvalue weighted by molar-refractivity contribution is -0.255. The molecule has 0 amide bonds. The van der Waals surface area contributed by atoms with Crippen LogP contribution in [0.2, 0.25) is 0 Å². The second kappa shape index (κ2) is 10.8. The Kier molecular flexibility index (Phi) is 8.36. The van der Waals surface area contributed by atoms with Gasteiger partial charge >= 0.3 is 0 Å². The van der Waals surface area contributed by atoms with Gasteiger partial charge in [-0.3, -0.25) is 0 Å². The molecular formula is C23H29O3-. The van der Waals surface area contributed by atoms with Gasteiger partial charge in [0.05, 0.1) is 12.1 Å². The Morgan fingerprint density at radius 2 is 1.42 bits per heavy atom. The van der Waals surface area contributed by atoms with Crippen LogP contribution < -0.4 is 5.11 Å². The van der Waals surface area contributed by atoms with E-state index in [1.807, 2.05) is 12.1 Å². The monoisotopic (exact) mass is 353 g/mol. The molecule has 0 heterocycles. The third kappa shape index (κ3) is 6.30. The number of hydrogen-bond acceptors (Lipinski definition) is 3. The highest BCUT2D eigenvalue weighted by Crippen LogP contribution is 2.24. The van der Waals surface area contributed by atoms with Crippen LogP contribution in [0.25, 0.3) is 11.1 Å². The molecule has 0 saturated carbocycles. The fourth-order valence-corrected chi connectivity index (χ4v) is 2.98. The van der Waals surface area contributed by atoms with E-state index in [-0.39, 0.29) is 11.7 Å². The summed E-state index contributed by atoms with van der Waals surface area (Å²) in [4.78, 5) is 10.8. The maximum atomic E-state index is 10.8. The Morgan fingerprint density at radius 1 is 0.885 bits per heavy atom. The van der Waals surface area contributed by atoms with E-state index in [2.05, 4.69) is 26.0 Å². The largest absolute Gasteiger partial charge is 0.545 e. The van der Waals surface area contributed by atoms with Gasteiger partial charge < -0.3 is 14.6 Å². The molecule has 0 aliphatic carbocycles. The summed E-state index contributed by atoms with van der Waals surface area (Å²) in [7, 11) is 0. The van der Waals surface area contributed by atoms with Gasteiger partial charge in [0.15, 0.2) is 0 Å². The maximum Gasteiger partial charge on any atom is 0.0796 e. The van der Waals surface area contributed by atoms with Crippen molar-refractivity contribution in [1.82, 2.24) is 0 Å². The van der Waals surface area contributed by atoms with E-state index >= 15 is 0 Å². The minimum atomic E-state index is -1.15. The molecule has 2 aromatic rings. The Balaban J connectivity index is 1.81. The normalized spacial score (nSPS) is 12.1. The minimum absolute atomic E-state index is 0.0835. The van der Waals surface area contributed by atoms with Crippen LogP contribution in [0.1, 0.15) is 74.4 Å². The molecule has 1 atom stereocenters. The van der Waals surface area contributed by atoms with Crippen LogP contribution in [-0.2, 0) is 4.74 Å². The molecule has 0 aromatic heterocycles. The Hall–Kier alpha value is -2.13. The lowest BCUT2D eigenvalue weighted by Gasteiger charge is -2.14. The molecule has 3 heteroatoms. The molecule has 2 aromatic carbocycles. The Bertz CT molecular complexity index is 659. The number of carboxylic acid groups (broad SMARTS) is 1. The number of rotatable bonds is 11. The van der Waals surface area contributed by atoms with Crippen molar-refractivity contribution in [1.29, 1.82) is 0 Å². The standard InChI is InChI=1S/C23H30O3/c1-3-4-5-6-7-8-17-26-18(2)19-9-11-20(12-10-19)21-13-15-22(16-14-21)23(24)25/h9-16,18H,3-8,17H2,1-2H3,(H,24,25)/p-1. The zero-order valence-electron chi connectivity index (χ0n) is 15.9. The van der Waals surface area contributed by atoms with E-state index in [0.29, 0.717) is 0 Å². The molecule has 0 radical (unpaired) electrons. The average Bonchev–Trinajstić information content (AvgIpc) is 2.67. The van der Waals surface area contributed by atoms with E-state index in [1.54, 1.807) is 24.3 Å². The summed E-state index contributed by atoms with van der Waals surface area (Å²) < 4.78 is 5.95. The number of ether oxygens (including phenoxy) is 1. The van der Waals surface area contributed by atoms with Gasteiger partial charge in [-0.25, -0.2) is 0 Å². The van der Waals surface area contributed by atoms with Crippen molar-refractivity contribution in [2.45, 2.75) is 58.5 Å². The van der Waals surface area contributed by atoms with Crippen molar-refractivity contribution < 1.29 is 14.6 Å². The molecule has 3 nitrogen and oxygen atoms in total. The summed E-state index contributed by atoms with van der Waals surface area (Å²) in [5.41, 5.74) is 3.40. The first kappa shape index (κ1) is 20.2. The van der Waals surface area contributed by atoms with Crippen LogP contribution >= 0.6 is 0 Å². The lowest BCUT2D eigenvalue weighted by atomic mass is 10.0. The summed E-state index contributed by atoms with van der Waals surface area (Å²) in [6, 6.07) is 15.0. The zero-order valence-corrected chi connectivity index (χ0v) is 15.9. The predicted octanol–water partition coefficient (Wildman–Crippen LogP) is 5.16. The number of carbonyl (C=O) groups excluding carboxylic acids is 1. The van der Waals surface area contributed by atoms with E-state index < -0.39 is 5.97 Å². The van der Waals surface area contributed by atoms with Gasteiger partial charge in [-0.15, -0.1) is 0 Å². The van der Waals surface area contributed by atoms with Crippen LogP contribution in [0.15, 0.2) is 48.5 Å². The fourth-order valence-electron chi connectivity index (χ4n) is 2.98. The maximum absolute atomic E-state index is 10.8. The van der Waals surface area contributed by atoms with E-state index in [4.69, 9.17) is 4.74 Å². The summed E-state index contributed by atoms with van der Waals surface area (Å²) in [5.74, 6) is -1.15. The third-order valence-corrected chi connectivity index (χ3v) is 4.70. The molecule has 0 saturated heterocycles. The summed E-state index contributed by atoms with van der Waals surface area (Å²) in [6.45, 7) is 5.12. The van der Waals surface area contributed by atoms with E-state index in [1.165, 1.54) is 32.1 Å². The van der Waals surface area contributed by atoms with Gasteiger partial charge in [0.1, 0.15) is 0 Å². The SMILES string of the molecule is CCCCCCCCOC(C)c1ccc(-c2ccc(C(=O)[O-])cc2)cc1. The van der Waals surface area contributed by atoms with Crippen LogP contribution in [0, 0.1) is 0 Å². The Labute approximate surface area is 157 Å². The molecule has 0 fully saturated rings. The summed E-state index contributed by atoms with van der Waals surface area (Å²) in [5, 5.41) is 10.8. The second-order valence-electron chi connectivity index (χ2n) is 6.77. The predicted molar refractivity (Wildman–Crippen MR) is 104 cm³/mol. The molecule has 140 valence electrons. The van der Waals surface area contributed by atoms with Crippen molar-refractivity contribution in [3.8, 4) is 11.1 Å². The fraction of sp³-hybridized carbons (Fsp3) is 0.435. The quantitative estimate of drug-likeness (QED) is 0.525. The highest BCUT2D eigenvalue weighted by Gasteiger charge is 2.06. The number of carbonyl (C=O) groups is 1. The second-order valence-corrected chi connectivity index (χ2v) is 6.77. The molecule has 0 N–H and O–H groups in total. The molecule has 26 heavy (non-hydrogen) atoms. The first-order chi connectivity index (χ1) is 12.6. The smallest absolute Gasteiger partial charge is 0.0796 e. The van der Waals surface area contributed by atoms with Gasteiger partial charge in [0.25, 0.3) is 0 Å². The van der Waals surface area contributed by atoms with Gasteiger partial charge in [0.2, 0.25) is 0 Å². The first-order valence-electron chi connectivity index (χ1n) is 9.65. The third-order valence-electron chi connectivity index (χ3n) is 4.70. The first-order valence-corrected chi connectivity index (χ1v) is 9.65. The lowest BCUT2D eigenvalue weighted by Crippen LogP contribution is -2.21. The van der Waals surface area contributed by atoms with Crippen molar-refractivity contribution in [2.75, 3.05) is 6.61 Å². The van der Waals surface area contributed by atoms with Crippen LogP contribution in [0.4, 0.5) is 0 Å². The van der Waals surface area contributed by atoms with E-state index in [0.717, 1.165) is 29.7 Å². The highest BCUT2D eigenvalue weighted by atomic mass is 16.5. The van der Waals surface area contributed by atoms with Crippen molar-refractivity contribution in [2.24, 2.45) is 0 Å². The van der Waals surface area contributed by atoms with Crippen molar-refractivity contribution >= 4 is 5.97 Å². The van der Waals surface area contributed by atoms with E-state index in [9.17, 15) is 9.90 Å². The number of carboxylic acids is 1. The topological polar surface area (TPSA) is 49.4 Å². The van der Waals surface area contributed by atoms with Gasteiger partial charge in [0, 0.05) is 6.61 Å². The summed E-state index contributed by atoms with van der Waals surface area (Å²) in [6.07, 6.45) is 7.70. The molecule has 2 rings (SSSR count). The number of unbranched alkanes of at least 4 members (excludes halogenated alkanes) is 5. The number of aromatic carboxylic acids is 1. The Morgan fingerprint density at radius 3 is 2.00 bits per heavy atom. The minimum Gasteiger partial charge on any atom is -0.545 e. The molecule has 1 unspecified atom stereocenters. The molecular weight excluding hydrogens is 324 g/mol. The number of hydrogen-bond donors (Lipinski definition) is 0. The average molecular weight is 353 g/mol. The van der Waals surface area contributed by atoms with Crippen LogP contribution in [0.5, 0.6) is 0 Å². The molecule has 0 spiro atoms. The molecule has 0 aliphatic heterocycles. The van der Waals surface area contributed by atoms with Crippen molar-refractivity contribution in [3.05, 3.63) is 59.7 Å². The van der Waals surface area contributed by atoms with Gasteiger partial charge in [-0.2, -0.15) is 0 Å². The van der Waals surface area contributed by atoms with Crippen molar-refractivity contribution in [3.63, 3.8) is 0 Å². The zero-order chi connectivity index (χ0) is 18.8. The molecule has 0 aliphatic rings.